The van der Waals surface area contributed by atoms with Crippen LogP contribution in [0.4, 0.5) is 0 Å². The molecule has 0 unspecified atom stereocenters. The first-order valence-electron chi connectivity index (χ1n) is 8.92. The van der Waals surface area contributed by atoms with Crippen LogP contribution in [-0.2, 0) is 18.4 Å². The first-order valence-corrected chi connectivity index (χ1v) is 9.91. The molecule has 0 saturated carbocycles. The molecular weight excluding hydrogens is 392 g/mol. The molecule has 0 aliphatic rings. The van der Waals surface area contributed by atoms with Gasteiger partial charge in [-0.05, 0) is 24.3 Å². The normalized spacial score (nSPS) is 10.8. The van der Waals surface area contributed by atoms with Crippen molar-refractivity contribution in [3.63, 3.8) is 0 Å². The second-order valence-corrected chi connectivity index (χ2v) is 7.07. The number of ether oxygens (including phenoxy) is 3. The number of imidazole rings is 1. The summed E-state index contributed by atoms with van der Waals surface area (Å²) < 4.78 is 18.1. The number of amides is 1. The molecule has 0 aliphatic heterocycles. The molecule has 1 amide bonds. The Kier molecular flexibility index (Phi) is 6.84. The lowest BCUT2D eigenvalue weighted by atomic mass is 10.1. The Balaban J connectivity index is 1.55. The van der Waals surface area contributed by atoms with Crippen LogP contribution in [0.25, 0.3) is 11.0 Å². The van der Waals surface area contributed by atoms with Crippen LogP contribution < -0.4 is 25.1 Å². The van der Waals surface area contributed by atoms with E-state index in [1.165, 1.54) is 11.8 Å². The molecule has 1 heterocycles. The van der Waals surface area contributed by atoms with Gasteiger partial charge in [0.25, 0.3) is 0 Å². The minimum absolute atomic E-state index is 0.151. The van der Waals surface area contributed by atoms with E-state index in [1.54, 1.807) is 27.4 Å². The van der Waals surface area contributed by atoms with E-state index < -0.39 is 0 Å². The van der Waals surface area contributed by atoms with Gasteiger partial charge in [0.1, 0.15) is 0 Å². The van der Waals surface area contributed by atoms with Gasteiger partial charge in [0.2, 0.25) is 11.7 Å². The Labute approximate surface area is 173 Å². The summed E-state index contributed by atoms with van der Waals surface area (Å²) in [5.41, 5.74) is 8.40. The summed E-state index contributed by atoms with van der Waals surface area (Å²) in [6.07, 6.45) is 0. The molecule has 29 heavy (non-hydrogen) atoms. The van der Waals surface area contributed by atoms with Crippen molar-refractivity contribution < 1.29 is 19.0 Å². The Morgan fingerprint density at radius 1 is 1.07 bits per heavy atom. The van der Waals surface area contributed by atoms with Gasteiger partial charge in [-0.3, -0.25) is 10.2 Å². The number of aromatic nitrogens is 2. The molecule has 1 aromatic heterocycles. The molecule has 0 aliphatic carbocycles. The fourth-order valence-electron chi connectivity index (χ4n) is 2.96. The standard InChI is InChI=1S/C20H24N4O4S/c1-24-15-8-6-5-7-14(15)22-20(24)29-12-17(25)23-21-11-13-9-10-16(26-2)19(28-4)18(13)27-3/h5-10,21H,11-12H2,1-4H3,(H,23,25). The Hall–Kier alpha value is -2.91. The minimum Gasteiger partial charge on any atom is -0.493 e. The summed E-state index contributed by atoms with van der Waals surface area (Å²) in [6.45, 7) is 0.367. The number of carbonyl (C=O) groups excluding carboxylic acids is 1. The number of nitrogens with one attached hydrogen (secondary N) is 2. The van der Waals surface area contributed by atoms with Crippen LogP contribution in [0.2, 0.25) is 0 Å². The first kappa shape index (κ1) is 20.8. The highest BCUT2D eigenvalue weighted by molar-refractivity contribution is 7.99. The van der Waals surface area contributed by atoms with Gasteiger partial charge in [-0.15, -0.1) is 0 Å². The van der Waals surface area contributed by atoms with E-state index in [0.717, 1.165) is 21.8 Å². The monoisotopic (exact) mass is 416 g/mol. The van der Waals surface area contributed by atoms with Gasteiger partial charge in [0.05, 0.1) is 38.1 Å². The molecule has 0 radical (unpaired) electrons. The van der Waals surface area contributed by atoms with Crippen LogP contribution in [0, 0.1) is 0 Å². The summed E-state index contributed by atoms with van der Waals surface area (Å²) >= 11 is 1.38. The average Bonchev–Trinajstić information content (AvgIpc) is 3.07. The van der Waals surface area contributed by atoms with E-state index in [9.17, 15) is 4.79 Å². The van der Waals surface area contributed by atoms with Crippen molar-refractivity contribution in [1.82, 2.24) is 20.4 Å². The second kappa shape index (κ2) is 9.53. The van der Waals surface area contributed by atoms with Gasteiger partial charge in [-0.25, -0.2) is 10.4 Å². The third-order valence-electron chi connectivity index (χ3n) is 4.37. The molecule has 8 nitrogen and oxygen atoms in total. The van der Waals surface area contributed by atoms with Crippen molar-refractivity contribution in [3.8, 4) is 17.2 Å². The number of carbonyl (C=O) groups is 1. The van der Waals surface area contributed by atoms with E-state index in [4.69, 9.17) is 14.2 Å². The predicted molar refractivity (Wildman–Crippen MR) is 113 cm³/mol. The van der Waals surface area contributed by atoms with Crippen LogP contribution in [-0.4, -0.2) is 42.5 Å². The summed E-state index contributed by atoms with van der Waals surface area (Å²) in [7, 11) is 6.62. The van der Waals surface area contributed by atoms with Crippen LogP contribution >= 0.6 is 11.8 Å². The number of para-hydroxylation sites is 2. The zero-order valence-electron chi connectivity index (χ0n) is 16.8. The predicted octanol–water partition coefficient (Wildman–Crippen LogP) is 2.51. The summed E-state index contributed by atoms with van der Waals surface area (Å²) in [5, 5.41) is 0.794. The molecule has 0 bridgehead atoms. The zero-order chi connectivity index (χ0) is 20.8. The first-order chi connectivity index (χ1) is 14.1. The largest absolute Gasteiger partial charge is 0.493 e. The molecule has 154 valence electrons. The third kappa shape index (κ3) is 4.57. The van der Waals surface area contributed by atoms with Crippen molar-refractivity contribution in [3.05, 3.63) is 42.0 Å². The lowest BCUT2D eigenvalue weighted by molar-refractivity contribution is -0.119. The van der Waals surface area contributed by atoms with E-state index in [0.29, 0.717) is 23.8 Å². The summed E-state index contributed by atoms with van der Waals surface area (Å²) in [5.74, 6) is 1.74. The van der Waals surface area contributed by atoms with Crippen LogP contribution in [0.15, 0.2) is 41.6 Å². The number of nitrogens with zero attached hydrogens (tertiary/aromatic N) is 2. The number of rotatable bonds is 9. The number of benzene rings is 2. The SMILES string of the molecule is COc1ccc(CNNC(=O)CSc2nc3ccccc3n2C)c(OC)c1OC. The molecule has 2 N–H and O–H groups in total. The van der Waals surface area contributed by atoms with Crippen molar-refractivity contribution in [2.75, 3.05) is 27.1 Å². The number of hydrazine groups is 1. The molecule has 0 fully saturated rings. The van der Waals surface area contributed by atoms with Gasteiger partial charge < -0.3 is 18.8 Å². The number of methoxy groups -OCH3 is 3. The number of hydrogen-bond acceptors (Lipinski definition) is 7. The lowest BCUT2D eigenvalue weighted by Gasteiger charge is -2.16. The molecule has 2 aromatic carbocycles. The molecule has 3 rings (SSSR count). The maximum atomic E-state index is 12.2. The quantitative estimate of drug-likeness (QED) is 0.409. The second-order valence-electron chi connectivity index (χ2n) is 6.13. The Bertz CT molecular complexity index is 1010. The van der Waals surface area contributed by atoms with E-state index in [2.05, 4.69) is 15.8 Å². The van der Waals surface area contributed by atoms with Gasteiger partial charge in [0.15, 0.2) is 16.7 Å². The highest BCUT2D eigenvalue weighted by Crippen LogP contribution is 2.39. The van der Waals surface area contributed by atoms with Crippen LogP contribution in [0.1, 0.15) is 5.56 Å². The van der Waals surface area contributed by atoms with Gasteiger partial charge in [-0.1, -0.05) is 23.9 Å². The topological polar surface area (TPSA) is 86.6 Å². The molecule has 3 aromatic rings. The number of aryl methyl sites for hydroxylation is 1. The fourth-order valence-corrected chi connectivity index (χ4v) is 3.75. The fraction of sp³-hybridized carbons (Fsp3) is 0.300. The molecule has 9 heteroatoms. The molecular formula is C20H24N4O4S. The van der Waals surface area contributed by atoms with Crippen molar-refractivity contribution in [2.45, 2.75) is 11.7 Å². The van der Waals surface area contributed by atoms with E-state index >= 15 is 0 Å². The maximum absolute atomic E-state index is 12.2. The molecule has 0 atom stereocenters. The van der Waals surface area contributed by atoms with Crippen LogP contribution in [0.5, 0.6) is 17.2 Å². The summed E-state index contributed by atoms with van der Waals surface area (Å²) in [6, 6.07) is 11.5. The smallest absolute Gasteiger partial charge is 0.244 e. The third-order valence-corrected chi connectivity index (χ3v) is 5.40. The average molecular weight is 417 g/mol. The maximum Gasteiger partial charge on any atom is 0.244 e. The molecule has 0 spiro atoms. The van der Waals surface area contributed by atoms with Gasteiger partial charge in [-0.2, -0.15) is 0 Å². The highest BCUT2D eigenvalue weighted by atomic mass is 32.2. The number of fused-ring (bicyclic) bond motifs is 1. The number of hydrogen-bond donors (Lipinski definition) is 2. The summed E-state index contributed by atoms with van der Waals surface area (Å²) in [4.78, 5) is 16.8. The van der Waals surface area contributed by atoms with Crippen molar-refractivity contribution in [1.29, 1.82) is 0 Å². The van der Waals surface area contributed by atoms with Crippen molar-refractivity contribution >= 4 is 28.7 Å². The Morgan fingerprint density at radius 3 is 2.52 bits per heavy atom. The van der Waals surface area contributed by atoms with E-state index in [-0.39, 0.29) is 11.7 Å². The lowest BCUT2D eigenvalue weighted by Crippen LogP contribution is -2.38. The number of thioether (sulfide) groups is 1. The van der Waals surface area contributed by atoms with Crippen LogP contribution in [0.3, 0.4) is 0 Å². The minimum atomic E-state index is -0.151. The zero-order valence-corrected chi connectivity index (χ0v) is 17.6. The molecule has 0 saturated heterocycles. The highest BCUT2D eigenvalue weighted by Gasteiger charge is 2.16. The van der Waals surface area contributed by atoms with E-state index in [1.807, 2.05) is 41.9 Å². The van der Waals surface area contributed by atoms with Gasteiger partial charge in [0, 0.05) is 19.2 Å². The van der Waals surface area contributed by atoms with Crippen molar-refractivity contribution in [2.24, 2.45) is 7.05 Å². The van der Waals surface area contributed by atoms with Gasteiger partial charge >= 0.3 is 0 Å². The Morgan fingerprint density at radius 2 is 1.83 bits per heavy atom.